The fourth-order valence-electron chi connectivity index (χ4n) is 0.483. The van der Waals surface area contributed by atoms with Crippen molar-refractivity contribution in [3.63, 3.8) is 0 Å². The summed E-state index contributed by atoms with van der Waals surface area (Å²) in [5, 5.41) is 18.0. The molecule has 0 aliphatic carbocycles. The highest BCUT2D eigenvalue weighted by Crippen LogP contribution is 1.85. The molecule has 0 aromatic rings. The van der Waals surface area contributed by atoms with Crippen molar-refractivity contribution < 1.29 is 10.3 Å². The Hall–Kier alpha value is -0.880. The molecular weight excluding hydrogens is 162 g/mol. The zero-order valence-electron chi connectivity index (χ0n) is 8.02. The third-order valence-electron chi connectivity index (χ3n) is 1.50. The monoisotopic (exact) mass is 179 g/mol. The molecule has 0 saturated heterocycles. The molecular formula is C6H17N3O3. The first-order chi connectivity index (χ1) is 5.45. The molecule has 6 heteroatoms. The van der Waals surface area contributed by atoms with Crippen molar-refractivity contribution >= 4 is 0 Å². The van der Waals surface area contributed by atoms with Crippen LogP contribution in [-0.4, -0.2) is 47.5 Å². The van der Waals surface area contributed by atoms with Gasteiger partial charge in [0.25, 0.3) is 5.09 Å². The average molecular weight is 179 g/mol. The van der Waals surface area contributed by atoms with E-state index < -0.39 is 5.09 Å². The Bertz CT molecular complexity index is 109. The molecule has 0 aliphatic rings. The first-order valence-corrected chi connectivity index (χ1v) is 3.71. The third-order valence-corrected chi connectivity index (χ3v) is 1.50. The van der Waals surface area contributed by atoms with Gasteiger partial charge in [0.15, 0.2) is 0 Å². The lowest BCUT2D eigenvalue weighted by atomic mass is 10.7. The molecule has 0 unspecified atom stereocenters. The summed E-state index contributed by atoms with van der Waals surface area (Å²) < 4.78 is 0. The normalized spacial score (nSPS) is 9.50. The minimum Gasteiger partial charge on any atom is -0.328 e. The number of hydrazine groups is 1. The van der Waals surface area contributed by atoms with Gasteiger partial charge in [0, 0.05) is 27.2 Å². The second-order valence-electron chi connectivity index (χ2n) is 2.19. The van der Waals surface area contributed by atoms with E-state index in [2.05, 4.69) is 38.0 Å². The van der Waals surface area contributed by atoms with E-state index in [1.165, 1.54) is 0 Å². The van der Waals surface area contributed by atoms with E-state index >= 15 is 0 Å². The lowest BCUT2D eigenvalue weighted by Gasteiger charge is -2.24. The maximum absolute atomic E-state index is 8.36. The van der Waals surface area contributed by atoms with Gasteiger partial charge in [0.1, 0.15) is 0 Å². The predicted octanol–water partition coefficient (Wildman–Crippen LogP) is 0.457. The van der Waals surface area contributed by atoms with Gasteiger partial charge in [0.2, 0.25) is 0 Å². The smallest absolute Gasteiger partial charge is 0.291 e. The molecule has 74 valence electrons. The summed E-state index contributed by atoms with van der Waals surface area (Å²) in [4.78, 5) is 8.36. The van der Waals surface area contributed by atoms with Crippen molar-refractivity contribution in [2.45, 2.75) is 13.8 Å². The number of rotatable bonds is 3. The maximum atomic E-state index is 8.36. The Labute approximate surface area is 72.5 Å². The van der Waals surface area contributed by atoms with Crippen LogP contribution in [0.1, 0.15) is 13.8 Å². The van der Waals surface area contributed by atoms with Crippen LogP contribution in [0.3, 0.4) is 0 Å². The first kappa shape index (κ1) is 13.7. The van der Waals surface area contributed by atoms with Crippen LogP contribution in [0, 0.1) is 10.1 Å². The SMILES string of the molecule is CCN(C)N(C)CC.O=[N+]([O-])O. The topological polar surface area (TPSA) is 69.9 Å². The fourth-order valence-corrected chi connectivity index (χ4v) is 0.483. The van der Waals surface area contributed by atoms with E-state index in [1.54, 1.807) is 0 Å². The lowest BCUT2D eigenvalue weighted by molar-refractivity contribution is -0.742. The Balaban J connectivity index is 0. The van der Waals surface area contributed by atoms with E-state index in [-0.39, 0.29) is 0 Å². The molecule has 0 saturated carbocycles. The molecule has 0 aromatic heterocycles. The van der Waals surface area contributed by atoms with Gasteiger partial charge in [-0.25, -0.2) is 10.0 Å². The molecule has 0 rings (SSSR count). The van der Waals surface area contributed by atoms with Crippen LogP contribution < -0.4 is 0 Å². The van der Waals surface area contributed by atoms with Crippen LogP contribution in [0.25, 0.3) is 0 Å². The Morgan fingerprint density at radius 3 is 1.50 bits per heavy atom. The van der Waals surface area contributed by atoms with Crippen molar-refractivity contribution in [2.75, 3.05) is 27.2 Å². The third kappa shape index (κ3) is 11.9. The molecule has 0 heterocycles. The zero-order chi connectivity index (χ0) is 10.1. The largest absolute Gasteiger partial charge is 0.328 e. The Morgan fingerprint density at radius 2 is 1.42 bits per heavy atom. The lowest BCUT2D eigenvalue weighted by Crippen LogP contribution is -2.35. The van der Waals surface area contributed by atoms with Crippen molar-refractivity contribution in [1.82, 2.24) is 10.0 Å². The number of hydrogen-bond acceptors (Lipinski definition) is 4. The average Bonchev–Trinajstić information content (AvgIpc) is 2.00. The molecule has 0 amide bonds. The molecule has 12 heavy (non-hydrogen) atoms. The number of nitrogens with zero attached hydrogens (tertiary/aromatic N) is 3. The van der Waals surface area contributed by atoms with Crippen LogP contribution >= 0.6 is 0 Å². The van der Waals surface area contributed by atoms with Gasteiger partial charge in [-0.2, -0.15) is 0 Å². The molecule has 0 aliphatic heterocycles. The van der Waals surface area contributed by atoms with Crippen LogP contribution in [0.15, 0.2) is 0 Å². The molecule has 1 N–H and O–H groups in total. The fraction of sp³-hybridized carbons (Fsp3) is 1.00. The van der Waals surface area contributed by atoms with Crippen molar-refractivity contribution in [3.05, 3.63) is 10.1 Å². The highest BCUT2D eigenvalue weighted by atomic mass is 16.9. The van der Waals surface area contributed by atoms with Gasteiger partial charge in [-0.3, -0.25) is 0 Å². The quantitative estimate of drug-likeness (QED) is 0.503. The van der Waals surface area contributed by atoms with Crippen LogP contribution in [-0.2, 0) is 0 Å². The molecule has 0 bridgehead atoms. The minimum absolute atomic E-state index is 1.09. The molecule has 0 atom stereocenters. The van der Waals surface area contributed by atoms with Gasteiger partial charge in [-0.15, -0.1) is 10.1 Å². The van der Waals surface area contributed by atoms with Crippen LogP contribution in [0.4, 0.5) is 0 Å². The van der Waals surface area contributed by atoms with Gasteiger partial charge >= 0.3 is 0 Å². The van der Waals surface area contributed by atoms with E-state index in [1.807, 2.05) is 0 Å². The van der Waals surface area contributed by atoms with Crippen molar-refractivity contribution in [3.8, 4) is 0 Å². The predicted molar refractivity (Wildman–Crippen MR) is 45.4 cm³/mol. The second kappa shape index (κ2) is 8.22. The summed E-state index contributed by atoms with van der Waals surface area (Å²) in [5.74, 6) is 0. The van der Waals surface area contributed by atoms with Crippen molar-refractivity contribution in [2.24, 2.45) is 0 Å². The first-order valence-electron chi connectivity index (χ1n) is 3.71. The second-order valence-corrected chi connectivity index (χ2v) is 2.19. The van der Waals surface area contributed by atoms with Crippen molar-refractivity contribution in [1.29, 1.82) is 0 Å². The van der Waals surface area contributed by atoms with Crippen LogP contribution in [0.2, 0.25) is 0 Å². The molecule has 0 fully saturated rings. The van der Waals surface area contributed by atoms with E-state index in [4.69, 9.17) is 15.3 Å². The molecule has 0 radical (unpaired) electrons. The summed E-state index contributed by atoms with van der Waals surface area (Å²) in [6, 6.07) is 0. The summed E-state index contributed by atoms with van der Waals surface area (Å²) >= 11 is 0. The summed E-state index contributed by atoms with van der Waals surface area (Å²) in [6.07, 6.45) is 0. The highest BCUT2D eigenvalue weighted by Gasteiger charge is 1.96. The molecule has 0 aromatic carbocycles. The van der Waals surface area contributed by atoms with Gasteiger partial charge in [0.05, 0.1) is 0 Å². The maximum Gasteiger partial charge on any atom is 0.291 e. The molecule has 6 nitrogen and oxygen atoms in total. The van der Waals surface area contributed by atoms with Gasteiger partial charge < -0.3 is 5.21 Å². The standard InChI is InChI=1S/C6H16N2.HNO3/c1-5-7(3)8(4)6-2;2-1(3)4/h5-6H2,1-4H3;(H,2,3,4). The van der Waals surface area contributed by atoms with E-state index in [0.717, 1.165) is 13.1 Å². The van der Waals surface area contributed by atoms with Crippen LogP contribution in [0.5, 0.6) is 0 Å². The zero-order valence-corrected chi connectivity index (χ0v) is 8.02. The summed E-state index contributed by atoms with van der Waals surface area (Å²) in [5.41, 5.74) is 0. The van der Waals surface area contributed by atoms with Gasteiger partial charge in [-0.05, 0) is 0 Å². The summed E-state index contributed by atoms with van der Waals surface area (Å²) in [6.45, 7) is 6.47. The van der Waals surface area contributed by atoms with Gasteiger partial charge in [-0.1, -0.05) is 13.8 Å². The van der Waals surface area contributed by atoms with E-state index in [9.17, 15) is 0 Å². The number of hydrogen-bond donors (Lipinski definition) is 1. The Kier molecular flexibility index (Phi) is 9.38. The Morgan fingerprint density at radius 1 is 1.25 bits per heavy atom. The molecule has 0 spiro atoms. The minimum atomic E-state index is -1.50. The highest BCUT2D eigenvalue weighted by molar-refractivity contribution is 4.38. The summed E-state index contributed by atoms with van der Waals surface area (Å²) in [7, 11) is 4.17. The van der Waals surface area contributed by atoms with E-state index in [0.29, 0.717) is 0 Å².